The fraction of sp³-hybridized carbons (Fsp3) is 0.500. The highest BCUT2D eigenvalue weighted by atomic mass is 16.2. The second kappa shape index (κ2) is 6.48. The summed E-state index contributed by atoms with van der Waals surface area (Å²) in [7, 11) is 0. The van der Waals surface area contributed by atoms with Crippen molar-refractivity contribution < 1.29 is 9.59 Å². The van der Waals surface area contributed by atoms with Crippen molar-refractivity contribution in [1.82, 2.24) is 15.2 Å². The molecule has 2 aliphatic heterocycles. The van der Waals surface area contributed by atoms with Crippen LogP contribution in [0, 0.1) is 0 Å². The van der Waals surface area contributed by atoms with Crippen LogP contribution in [-0.2, 0) is 9.59 Å². The van der Waals surface area contributed by atoms with Crippen molar-refractivity contribution in [3.8, 4) is 0 Å². The Kier molecular flexibility index (Phi) is 4.17. The maximum absolute atomic E-state index is 12.9. The van der Waals surface area contributed by atoms with E-state index in [-0.39, 0.29) is 17.6 Å². The lowest BCUT2D eigenvalue weighted by atomic mass is 10.2. The summed E-state index contributed by atoms with van der Waals surface area (Å²) in [5, 5.41) is 1.42. The van der Waals surface area contributed by atoms with Crippen LogP contribution in [0.3, 0.4) is 0 Å². The maximum Gasteiger partial charge on any atom is 0.290 e. The Morgan fingerprint density at radius 2 is 1.80 bits per heavy atom. The molecule has 0 unspecified atom stereocenters. The van der Waals surface area contributed by atoms with Gasteiger partial charge in [0.25, 0.3) is 11.8 Å². The fourth-order valence-corrected chi connectivity index (χ4v) is 3.38. The predicted molar refractivity (Wildman–Crippen MR) is 95.1 cm³/mol. The van der Waals surface area contributed by atoms with Gasteiger partial charge in [-0.2, -0.15) is 0 Å². The normalized spacial score (nSPS) is 24.8. The number of benzene rings is 1. The molecule has 1 saturated heterocycles. The summed E-state index contributed by atoms with van der Waals surface area (Å²) in [6, 6.07) is 9.43. The first-order valence-electron chi connectivity index (χ1n) is 8.90. The number of carbonyl (C=O) groups is 2. The van der Waals surface area contributed by atoms with Crippen LogP contribution in [0.15, 0.2) is 35.3 Å². The van der Waals surface area contributed by atoms with E-state index in [1.807, 2.05) is 35.2 Å². The third-order valence-corrected chi connectivity index (χ3v) is 5.00. The van der Waals surface area contributed by atoms with Crippen LogP contribution in [0.2, 0.25) is 0 Å². The summed E-state index contributed by atoms with van der Waals surface area (Å²) in [5.41, 5.74) is 3.63. The van der Waals surface area contributed by atoms with Crippen molar-refractivity contribution in [2.75, 3.05) is 31.2 Å². The van der Waals surface area contributed by atoms with Crippen LogP contribution in [0.25, 0.3) is 0 Å². The van der Waals surface area contributed by atoms with Gasteiger partial charge in [-0.25, -0.2) is 10.0 Å². The number of piperazine rings is 1. The van der Waals surface area contributed by atoms with Gasteiger partial charge in [0.15, 0.2) is 0 Å². The molecule has 2 fully saturated rings. The Labute approximate surface area is 147 Å². The first-order valence-corrected chi connectivity index (χ1v) is 8.90. The van der Waals surface area contributed by atoms with E-state index in [0.29, 0.717) is 18.8 Å². The van der Waals surface area contributed by atoms with Gasteiger partial charge in [-0.05, 0) is 31.9 Å². The molecule has 0 bridgehead atoms. The molecule has 1 aromatic rings. The van der Waals surface area contributed by atoms with E-state index in [1.165, 1.54) is 17.9 Å². The quantitative estimate of drug-likeness (QED) is 0.876. The molecule has 0 aromatic heterocycles. The molecule has 0 radical (unpaired) electrons. The van der Waals surface area contributed by atoms with Gasteiger partial charge in [-0.15, -0.1) is 0 Å². The van der Waals surface area contributed by atoms with Crippen LogP contribution >= 0.6 is 0 Å². The molecular formula is C18H23N5O2. The zero-order valence-corrected chi connectivity index (χ0v) is 14.4. The lowest BCUT2D eigenvalue weighted by molar-refractivity contribution is -0.126. The van der Waals surface area contributed by atoms with Crippen molar-refractivity contribution in [2.24, 2.45) is 4.99 Å². The molecule has 2 heterocycles. The number of hydrogen-bond donors (Lipinski definition) is 1. The Bertz CT molecular complexity index is 693. The molecule has 7 nitrogen and oxygen atoms in total. The van der Waals surface area contributed by atoms with Crippen molar-refractivity contribution in [2.45, 2.75) is 31.8 Å². The summed E-state index contributed by atoms with van der Waals surface area (Å²) in [6.45, 7) is 4.98. The van der Waals surface area contributed by atoms with Gasteiger partial charge in [0, 0.05) is 32.2 Å². The number of nitrogens with zero attached hydrogens (tertiary/aromatic N) is 4. The zero-order chi connectivity index (χ0) is 17.4. The highest BCUT2D eigenvalue weighted by molar-refractivity contribution is 6.39. The summed E-state index contributed by atoms with van der Waals surface area (Å²) < 4.78 is 0. The van der Waals surface area contributed by atoms with Gasteiger partial charge in [-0.1, -0.05) is 18.2 Å². The van der Waals surface area contributed by atoms with E-state index >= 15 is 0 Å². The number of hydrazine groups is 1. The number of nitrogens with one attached hydrogen (secondary N) is 1. The summed E-state index contributed by atoms with van der Waals surface area (Å²) in [6.07, 6.45) is 2.57. The Balaban J connectivity index is 1.46. The third kappa shape index (κ3) is 3.24. The second-order valence-electron chi connectivity index (χ2n) is 6.83. The van der Waals surface area contributed by atoms with Crippen LogP contribution < -0.4 is 10.4 Å². The number of amidine groups is 1. The molecule has 4 rings (SSSR count). The molecule has 2 amide bonds. The molecule has 1 aliphatic carbocycles. The minimum Gasteiger partial charge on any atom is -0.333 e. The average molecular weight is 341 g/mol. The van der Waals surface area contributed by atoms with Crippen molar-refractivity contribution in [3.05, 3.63) is 30.3 Å². The molecule has 1 N–H and O–H groups in total. The molecule has 0 spiro atoms. The molecular weight excluding hydrogens is 318 g/mol. The smallest absolute Gasteiger partial charge is 0.290 e. The van der Waals surface area contributed by atoms with Crippen molar-refractivity contribution in [1.29, 1.82) is 0 Å². The molecule has 7 heteroatoms. The number of anilines is 1. The zero-order valence-electron chi connectivity index (χ0n) is 14.4. The van der Waals surface area contributed by atoms with Crippen LogP contribution in [0.1, 0.15) is 19.8 Å². The van der Waals surface area contributed by atoms with Crippen LogP contribution in [0.4, 0.5) is 5.69 Å². The van der Waals surface area contributed by atoms with Gasteiger partial charge >= 0.3 is 0 Å². The third-order valence-electron chi connectivity index (χ3n) is 5.00. The van der Waals surface area contributed by atoms with E-state index in [1.54, 1.807) is 6.92 Å². The van der Waals surface area contributed by atoms with Gasteiger partial charge in [0.1, 0.15) is 6.04 Å². The van der Waals surface area contributed by atoms with E-state index in [4.69, 9.17) is 0 Å². The molecule has 1 atom stereocenters. The summed E-state index contributed by atoms with van der Waals surface area (Å²) in [4.78, 5) is 33.9. The molecule has 132 valence electrons. The monoisotopic (exact) mass is 341 g/mol. The Morgan fingerprint density at radius 3 is 2.44 bits per heavy atom. The molecule has 25 heavy (non-hydrogen) atoms. The van der Waals surface area contributed by atoms with Crippen LogP contribution in [-0.4, -0.2) is 65.7 Å². The largest absolute Gasteiger partial charge is 0.333 e. The number of aliphatic imine (C=N–C) groups is 1. The SMILES string of the molecule is C[C@H]1N=C(C(=O)N2CCN(C3CC3)CC2)NN(c2ccccc2)C1=O. The minimum absolute atomic E-state index is 0.129. The number of rotatable bonds is 3. The maximum atomic E-state index is 12.9. The minimum atomic E-state index is -0.576. The highest BCUT2D eigenvalue weighted by Gasteiger charge is 2.36. The van der Waals surface area contributed by atoms with Gasteiger partial charge in [0.05, 0.1) is 5.69 Å². The summed E-state index contributed by atoms with van der Waals surface area (Å²) in [5.74, 6) is -0.0483. The van der Waals surface area contributed by atoms with E-state index < -0.39 is 6.04 Å². The van der Waals surface area contributed by atoms with E-state index in [9.17, 15) is 9.59 Å². The first-order chi connectivity index (χ1) is 12.1. The molecule has 3 aliphatic rings. The highest BCUT2D eigenvalue weighted by Crippen LogP contribution is 2.27. The van der Waals surface area contributed by atoms with Crippen molar-refractivity contribution >= 4 is 23.3 Å². The number of amides is 2. The molecule has 1 saturated carbocycles. The lowest BCUT2D eigenvalue weighted by Crippen LogP contribution is -2.60. The predicted octanol–water partition coefficient (Wildman–Crippen LogP) is 0.631. The molecule has 1 aromatic carbocycles. The van der Waals surface area contributed by atoms with Crippen molar-refractivity contribution in [3.63, 3.8) is 0 Å². The fourth-order valence-electron chi connectivity index (χ4n) is 3.38. The van der Waals surface area contributed by atoms with Crippen LogP contribution in [0.5, 0.6) is 0 Å². The number of para-hydroxylation sites is 1. The lowest BCUT2D eigenvalue weighted by Gasteiger charge is -2.37. The standard InChI is InChI=1S/C18H23N5O2/c1-13-17(24)23(15-5-3-2-4-6-15)20-16(19-13)18(25)22-11-9-21(10-12-22)14-7-8-14/h2-6,13-14H,7-12H2,1H3,(H,19,20)/t13-/m1/s1. The first kappa shape index (κ1) is 16.1. The van der Waals surface area contributed by atoms with E-state index in [0.717, 1.165) is 19.1 Å². The number of carbonyl (C=O) groups excluding carboxylic acids is 2. The average Bonchev–Trinajstić information content (AvgIpc) is 3.49. The second-order valence-corrected chi connectivity index (χ2v) is 6.83. The Hall–Kier alpha value is -2.41. The van der Waals surface area contributed by atoms with Gasteiger partial charge in [-0.3, -0.25) is 19.9 Å². The van der Waals surface area contributed by atoms with Gasteiger partial charge < -0.3 is 4.90 Å². The number of hydrogen-bond acceptors (Lipinski definition) is 5. The van der Waals surface area contributed by atoms with Gasteiger partial charge in [0.2, 0.25) is 5.84 Å². The topological polar surface area (TPSA) is 68.2 Å². The van der Waals surface area contributed by atoms with E-state index in [2.05, 4.69) is 15.3 Å². The summed E-state index contributed by atoms with van der Waals surface area (Å²) >= 11 is 0. The Morgan fingerprint density at radius 1 is 1.12 bits per heavy atom.